The van der Waals surface area contributed by atoms with E-state index in [0.29, 0.717) is 0 Å². The normalized spacial score (nSPS) is 10.8. The molecule has 0 amide bonds. The Balaban J connectivity index is 1.77. The predicted molar refractivity (Wildman–Crippen MR) is 116 cm³/mol. The van der Waals surface area contributed by atoms with Crippen LogP contribution >= 0.6 is 43.2 Å². The molecule has 4 heteroatoms. The molecular formula is C20H18S4. The van der Waals surface area contributed by atoms with Crippen molar-refractivity contribution in [3.63, 3.8) is 0 Å². The van der Waals surface area contributed by atoms with E-state index < -0.39 is 0 Å². The molecule has 122 valence electrons. The fourth-order valence-corrected chi connectivity index (χ4v) is 5.15. The molecule has 0 N–H and O–H groups in total. The van der Waals surface area contributed by atoms with Crippen molar-refractivity contribution in [3.8, 4) is 22.3 Å². The lowest BCUT2D eigenvalue weighted by Gasteiger charge is -2.07. The fraction of sp³-hybridized carbons (Fsp3) is 0.100. The highest BCUT2D eigenvalue weighted by molar-refractivity contribution is 8.76. The van der Waals surface area contributed by atoms with E-state index in [0.717, 1.165) is 0 Å². The average molecular weight is 387 g/mol. The van der Waals surface area contributed by atoms with Gasteiger partial charge < -0.3 is 0 Å². The zero-order chi connectivity index (χ0) is 16.8. The molecule has 0 saturated carbocycles. The van der Waals surface area contributed by atoms with Crippen molar-refractivity contribution in [2.24, 2.45) is 0 Å². The molecule has 0 aliphatic carbocycles. The third kappa shape index (κ3) is 4.57. The van der Waals surface area contributed by atoms with E-state index in [1.165, 1.54) is 32.0 Å². The first-order chi connectivity index (χ1) is 11.8. The van der Waals surface area contributed by atoms with Crippen LogP contribution in [0.25, 0.3) is 22.3 Å². The summed E-state index contributed by atoms with van der Waals surface area (Å²) in [6, 6.07) is 26.4. The van der Waals surface area contributed by atoms with Crippen LogP contribution in [0.15, 0.2) is 82.6 Å². The number of rotatable bonds is 6. The quantitative estimate of drug-likeness (QED) is 0.397. The summed E-state index contributed by atoms with van der Waals surface area (Å²) < 4.78 is 0. The van der Waals surface area contributed by atoms with Crippen LogP contribution in [-0.4, -0.2) is 12.5 Å². The Bertz CT molecular complexity index is 694. The molecule has 3 aromatic rings. The molecule has 0 bridgehead atoms. The van der Waals surface area contributed by atoms with Gasteiger partial charge in [-0.2, -0.15) is 0 Å². The lowest BCUT2D eigenvalue weighted by Crippen LogP contribution is -1.81. The van der Waals surface area contributed by atoms with E-state index >= 15 is 0 Å². The van der Waals surface area contributed by atoms with Gasteiger partial charge in [0.05, 0.1) is 0 Å². The summed E-state index contributed by atoms with van der Waals surface area (Å²) in [5.41, 5.74) is 5.04. The molecule has 0 aromatic heterocycles. The van der Waals surface area contributed by atoms with Gasteiger partial charge in [-0.3, -0.25) is 0 Å². The maximum atomic E-state index is 2.20. The topological polar surface area (TPSA) is 0 Å². The van der Waals surface area contributed by atoms with Gasteiger partial charge in [0.25, 0.3) is 0 Å². The van der Waals surface area contributed by atoms with Crippen LogP contribution in [0.2, 0.25) is 0 Å². The van der Waals surface area contributed by atoms with Gasteiger partial charge in [-0.25, -0.2) is 0 Å². The maximum Gasteiger partial charge on any atom is 0.0183 e. The van der Waals surface area contributed by atoms with Crippen molar-refractivity contribution in [1.29, 1.82) is 0 Å². The Morgan fingerprint density at radius 2 is 0.667 bits per heavy atom. The van der Waals surface area contributed by atoms with Crippen molar-refractivity contribution < 1.29 is 0 Å². The van der Waals surface area contributed by atoms with E-state index in [1.807, 2.05) is 0 Å². The maximum absolute atomic E-state index is 2.20. The summed E-state index contributed by atoms with van der Waals surface area (Å²) in [5, 5.41) is 0. The van der Waals surface area contributed by atoms with Gasteiger partial charge in [-0.1, -0.05) is 91.7 Å². The smallest absolute Gasteiger partial charge is 0.0183 e. The lowest BCUT2D eigenvalue weighted by molar-refractivity contribution is 1.46. The molecule has 24 heavy (non-hydrogen) atoms. The van der Waals surface area contributed by atoms with Crippen LogP contribution in [0.4, 0.5) is 0 Å². The van der Waals surface area contributed by atoms with Crippen LogP contribution < -0.4 is 0 Å². The predicted octanol–water partition coefficient (Wildman–Crippen LogP) is 7.76. The van der Waals surface area contributed by atoms with Gasteiger partial charge in [0.1, 0.15) is 0 Å². The number of hydrogen-bond acceptors (Lipinski definition) is 4. The van der Waals surface area contributed by atoms with Crippen molar-refractivity contribution in [3.05, 3.63) is 72.8 Å². The van der Waals surface area contributed by atoms with Gasteiger partial charge >= 0.3 is 0 Å². The molecule has 0 nitrogen and oxygen atoms in total. The first kappa shape index (κ1) is 17.9. The second-order valence-electron chi connectivity index (χ2n) is 5.13. The van der Waals surface area contributed by atoms with Gasteiger partial charge in [0.15, 0.2) is 0 Å². The minimum absolute atomic E-state index is 1.26. The highest BCUT2D eigenvalue weighted by Crippen LogP contribution is 2.32. The highest BCUT2D eigenvalue weighted by atomic mass is 33.1. The van der Waals surface area contributed by atoms with Crippen LogP contribution in [-0.2, 0) is 0 Å². The van der Waals surface area contributed by atoms with Gasteiger partial charge in [-0.05, 0) is 59.0 Å². The Labute approximate surface area is 160 Å². The zero-order valence-electron chi connectivity index (χ0n) is 13.6. The van der Waals surface area contributed by atoms with E-state index in [2.05, 4.69) is 85.3 Å². The van der Waals surface area contributed by atoms with Crippen LogP contribution in [0.5, 0.6) is 0 Å². The molecule has 0 fully saturated rings. The first-order valence-electron chi connectivity index (χ1n) is 7.52. The summed E-state index contributed by atoms with van der Waals surface area (Å²) in [5.74, 6) is 0. The summed E-state index contributed by atoms with van der Waals surface area (Å²) in [6.07, 6.45) is 4.20. The van der Waals surface area contributed by atoms with Crippen LogP contribution in [0.1, 0.15) is 0 Å². The van der Waals surface area contributed by atoms with E-state index in [-0.39, 0.29) is 0 Å². The van der Waals surface area contributed by atoms with E-state index in [4.69, 9.17) is 0 Å². The van der Waals surface area contributed by atoms with Gasteiger partial charge in [-0.15, -0.1) is 0 Å². The highest BCUT2D eigenvalue weighted by Gasteiger charge is 2.02. The third-order valence-electron chi connectivity index (χ3n) is 3.62. The Kier molecular flexibility index (Phi) is 6.67. The monoisotopic (exact) mass is 386 g/mol. The van der Waals surface area contributed by atoms with E-state index in [1.54, 1.807) is 43.2 Å². The summed E-state index contributed by atoms with van der Waals surface area (Å²) in [4.78, 5) is 2.59. The zero-order valence-corrected chi connectivity index (χ0v) is 16.8. The minimum Gasteiger partial charge on any atom is -0.0924 e. The molecule has 0 aliphatic heterocycles. The van der Waals surface area contributed by atoms with Crippen LogP contribution in [0.3, 0.4) is 0 Å². The second kappa shape index (κ2) is 8.95. The molecule has 0 unspecified atom stereocenters. The minimum atomic E-state index is 1.26. The molecule has 0 spiro atoms. The van der Waals surface area contributed by atoms with Crippen molar-refractivity contribution >= 4 is 43.2 Å². The van der Waals surface area contributed by atoms with Crippen molar-refractivity contribution in [1.82, 2.24) is 0 Å². The first-order valence-corrected chi connectivity index (χ1v) is 12.6. The largest absolute Gasteiger partial charge is 0.0924 e. The Morgan fingerprint density at radius 1 is 0.417 bits per heavy atom. The summed E-state index contributed by atoms with van der Waals surface area (Å²) in [6.45, 7) is 0. The fourth-order valence-electron chi connectivity index (χ4n) is 2.45. The summed E-state index contributed by atoms with van der Waals surface area (Å²) in [7, 11) is 7.14. The number of hydrogen-bond donors (Lipinski definition) is 0. The van der Waals surface area contributed by atoms with Crippen LogP contribution in [0, 0.1) is 0 Å². The number of benzene rings is 3. The molecule has 0 atom stereocenters. The molecule has 0 radical (unpaired) electrons. The Hall–Kier alpha value is -0.940. The lowest BCUT2D eigenvalue weighted by atomic mass is 10.0. The Morgan fingerprint density at radius 3 is 0.917 bits per heavy atom. The van der Waals surface area contributed by atoms with E-state index in [9.17, 15) is 0 Å². The second-order valence-corrected chi connectivity index (χ2v) is 10.1. The molecule has 0 saturated heterocycles. The summed E-state index contributed by atoms with van der Waals surface area (Å²) >= 11 is 0. The molecule has 3 aromatic carbocycles. The van der Waals surface area contributed by atoms with Crippen molar-refractivity contribution in [2.75, 3.05) is 12.5 Å². The van der Waals surface area contributed by atoms with Gasteiger partial charge in [0, 0.05) is 9.79 Å². The molecular weight excluding hydrogens is 368 g/mol. The average Bonchev–Trinajstić information content (AvgIpc) is 2.64. The SMILES string of the molecule is CSSc1ccc(-c2ccc(-c3ccc(SSC)cc3)cc2)cc1. The standard InChI is InChI=1S/C20H18S4/c1-21-23-19-11-7-17(8-12-19)15-3-5-16(6-4-15)18-9-13-20(14-10-18)24-22-2/h3-14H,1-2H3. The third-order valence-corrected chi connectivity index (χ3v) is 7.04. The van der Waals surface area contributed by atoms with Gasteiger partial charge in [0.2, 0.25) is 0 Å². The van der Waals surface area contributed by atoms with Crippen molar-refractivity contribution in [2.45, 2.75) is 9.79 Å². The molecule has 3 rings (SSSR count). The molecule has 0 aliphatic rings. The molecule has 0 heterocycles.